The minimum atomic E-state index is -0.306. The van der Waals surface area contributed by atoms with Crippen LogP contribution in [0.1, 0.15) is 47.0 Å². The van der Waals surface area contributed by atoms with Gasteiger partial charge >= 0.3 is 0 Å². The summed E-state index contributed by atoms with van der Waals surface area (Å²) in [6.45, 7) is 8.34. The van der Waals surface area contributed by atoms with Gasteiger partial charge in [0.15, 0.2) is 5.78 Å². The second-order valence-corrected chi connectivity index (χ2v) is 6.91. The van der Waals surface area contributed by atoms with Crippen molar-refractivity contribution >= 4 is 21.7 Å². The fraction of sp³-hybridized carbons (Fsp3) is 0.769. The summed E-state index contributed by atoms with van der Waals surface area (Å²) in [6.07, 6.45) is 2.50. The van der Waals surface area contributed by atoms with Crippen molar-refractivity contribution in [2.75, 3.05) is 0 Å². The van der Waals surface area contributed by atoms with Crippen LogP contribution in [0.2, 0.25) is 0 Å². The van der Waals surface area contributed by atoms with Crippen molar-refractivity contribution in [2.45, 2.75) is 58.7 Å². The number of halogens is 1. The predicted octanol–water partition coefficient (Wildman–Crippen LogP) is 3.59. The van der Waals surface area contributed by atoms with Crippen LogP contribution in [0, 0.1) is 5.41 Å². The molecule has 2 nitrogen and oxygen atoms in total. The van der Waals surface area contributed by atoms with E-state index in [1.807, 2.05) is 13.8 Å². The average Bonchev–Trinajstić information content (AvgIpc) is 2.10. The fourth-order valence-electron chi connectivity index (χ4n) is 2.58. The minimum absolute atomic E-state index is 0.00125. The van der Waals surface area contributed by atoms with Crippen LogP contribution in [0.15, 0.2) is 10.1 Å². The Morgan fingerprint density at radius 1 is 1.31 bits per heavy atom. The maximum atomic E-state index is 12.2. The first-order valence-corrected chi connectivity index (χ1v) is 6.63. The van der Waals surface area contributed by atoms with E-state index in [0.717, 1.165) is 22.9 Å². The standard InChI is InChI=1S/C13H19BrO2/c1-12(2)6-5-9-10(11(12)14)8(15)7-13(3,4)16-9/h9H,5-7H2,1-4H3. The summed E-state index contributed by atoms with van der Waals surface area (Å²) < 4.78 is 7.06. The van der Waals surface area contributed by atoms with E-state index in [1.165, 1.54) is 0 Å². The van der Waals surface area contributed by atoms with Crippen LogP contribution in [0.25, 0.3) is 0 Å². The van der Waals surface area contributed by atoms with Crippen LogP contribution in [-0.2, 0) is 9.53 Å². The monoisotopic (exact) mass is 286 g/mol. The van der Waals surface area contributed by atoms with E-state index < -0.39 is 0 Å². The van der Waals surface area contributed by atoms with Crippen molar-refractivity contribution in [3.8, 4) is 0 Å². The third-order valence-electron chi connectivity index (χ3n) is 3.53. The molecule has 0 saturated carbocycles. The molecule has 0 spiro atoms. The van der Waals surface area contributed by atoms with E-state index in [0.29, 0.717) is 6.42 Å². The Morgan fingerprint density at radius 2 is 1.94 bits per heavy atom. The van der Waals surface area contributed by atoms with Gasteiger partial charge in [0.25, 0.3) is 0 Å². The number of fused-ring (bicyclic) bond motifs is 1. The van der Waals surface area contributed by atoms with Gasteiger partial charge in [-0.25, -0.2) is 0 Å². The molecule has 1 atom stereocenters. The lowest BCUT2D eigenvalue weighted by Crippen LogP contribution is -2.45. The van der Waals surface area contributed by atoms with Gasteiger partial charge in [0.2, 0.25) is 0 Å². The smallest absolute Gasteiger partial charge is 0.165 e. The van der Waals surface area contributed by atoms with E-state index in [-0.39, 0.29) is 22.9 Å². The van der Waals surface area contributed by atoms with Crippen LogP contribution < -0.4 is 0 Å². The van der Waals surface area contributed by atoms with Gasteiger partial charge in [-0.15, -0.1) is 0 Å². The topological polar surface area (TPSA) is 26.3 Å². The fourth-order valence-corrected chi connectivity index (χ4v) is 3.26. The molecule has 1 fully saturated rings. The highest BCUT2D eigenvalue weighted by Gasteiger charge is 2.44. The third-order valence-corrected chi connectivity index (χ3v) is 5.03. The highest BCUT2D eigenvalue weighted by Crippen LogP contribution is 2.47. The number of carbonyl (C=O) groups excluding carboxylic acids is 1. The Hall–Kier alpha value is -0.150. The quantitative estimate of drug-likeness (QED) is 0.680. The number of rotatable bonds is 0. The highest BCUT2D eigenvalue weighted by molar-refractivity contribution is 9.11. The van der Waals surface area contributed by atoms with Crippen LogP contribution in [-0.4, -0.2) is 17.5 Å². The normalized spacial score (nSPS) is 32.6. The van der Waals surface area contributed by atoms with Crippen LogP contribution in [0.3, 0.4) is 0 Å². The molecule has 0 radical (unpaired) electrons. The van der Waals surface area contributed by atoms with Gasteiger partial charge in [0, 0.05) is 16.5 Å². The second-order valence-electron chi connectivity index (χ2n) is 6.12. The van der Waals surface area contributed by atoms with E-state index >= 15 is 0 Å². The van der Waals surface area contributed by atoms with Gasteiger partial charge in [0.05, 0.1) is 11.7 Å². The molecule has 1 aliphatic heterocycles. The van der Waals surface area contributed by atoms with Crippen molar-refractivity contribution in [1.82, 2.24) is 0 Å². The van der Waals surface area contributed by atoms with E-state index in [4.69, 9.17) is 4.74 Å². The predicted molar refractivity (Wildman–Crippen MR) is 67.5 cm³/mol. The molecule has 90 valence electrons. The Balaban J connectivity index is 2.41. The summed E-state index contributed by atoms with van der Waals surface area (Å²) in [5, 5.41) is 0. The van der Waals surface area contributed by atoms with Crippen molar-refractivity contribution in [3.05, 3.63) is 10.1 Å². The molecule has 2 aliphatic rings. The van der Waals surface area contributed by atoms with Gasteiger partial charge in [-0.05, 0) is 32.1 Å². The van der Waals surface area contributed by atoms with Crippen LogP contribution >= 0.6 is 15.9 Å². The van der Waals surface area contributed by atoms with Crippen LogP contribution in [0.4, 0.5) is 0 Å². The molecule has 16 heavy (non-hydrogen) atoms. The lowest BCUT2D eigenvalue weighted by atomic mass is 9.74. The van der Waals surface area contributed by atoms with Gasteiger partial charge < -0.3 is 4.74 Å². The van der Waals surface area contributed by atoms with Gasteiger partial charge in [0.1, 0.15) is 0 Å². The molecule has 1 heterocycles. The number of ether oxygens (including phenoxy) is 1. The van der Waals surface area contributed by atoms with Crippen molar-refractivity contribution in [1.29, 1.82) is 0 Å². The molecular formula is C13H19BrO2. The first kappa shape index (κ1) is 12.3. The molecule has 1 saturated heterocycles. The summed E-state index contributed by atoms with van der Waals surface area (Å²) in [5.41, 5.74) is 0.655. The number of ketones is 1. The van der Waals surface area contributed by atoms with Crippen molar-refractivity contribution in [2.24, 2.45) is 5.41 Å². The summed E-state index contributed by atoms with van der Waals surface area (Å²) >= 11 is 3.61. The molecule has 0 bridgehead atoms. The zero-order chi connectivity index (χ0) is 12.1. The Kier molecular flexibility index (Phi) is 2.83. The minimum Gasteiger partial charge on any atom is -0.367 e. The lowest BCUT2D eigenvalue weighted by molar-refractivity contribution is -0.138. The van der Waals surface area contributed by atoms with Gasteiger partial charge in [-0.1, -0.05) is 29.8 Å². The average molecular weight is 287 g/mol. The Morgan fingerprint density at radius 3 is 2.56 bits per heavy atom. The van der Waals surface area contributed by atoms with Crippen molar-refractivity contribution < 1.29 is 9.53 Å². The van der Waals surface area contributed by atoms with E-state index in [9.17, 15) is 4.79 Å². The first-order valence-electron chi connectivity index (χ1n) is 5.84. The second kappa shape index (κ2) is 3.67. The summed E-state index contributed by atoms with van der Waals surface area (Å²) in [6, 6.07) is 0. The Labute approximate surface area is 106 Å². The lowest BCUT2D eigenvalue weighted by Gasteiger charge is -2.43. The zero-order valence-corrected chi connectivity index (χ0v) is 12.0. The molecule has 1 aliphatic carbocycles. The molecular weight excluding hydrogens is 268 g/mol. The molecule has 0 N–H and O–H groups in total. The molecule has 0 aromatic carbocycles. The summed E-state index contributed by atoms with van der Waals surface area (Å²) in [7, 11) is 0. The molecule has 0 amide bonds. The van der Waals surface area contributed by atoms with Gasteiger partial charge in [-0.3, -0.25) is 4.79 Å². The van der Waals surface area contributed by atoms with E-state index in [1.54, 1.807) is 0 Å². The Bertz CT molecular complexity index is 366. The number of Topliss-reactive ketones (excluding diaryl/α,β-unsaturated/α-hetero) is 1. The SMILES string of the molecule is CC1(C)CC(=O)C2=C(Br)C(C)(C)CCC2O1. The summed E-state index contributed by atoms with van der Waals surface area (Å²) in [5.74, 6) is 0.251. The number of hydrogen-bond acceptors (Lipinski definition) is 2. The number of allylic oxidation sites excluding steroid dienone is 1. The third kappa shape index (κ3) is 2.00. The van der Waals surface area contributed by atoms with E-state index in [2.05, 4.69) is 29.8 Å². The molecule has 0 aromatic rings. The zero-order valence-electron chi connectivity index (χ0n) is 10.4. The maximum Gasteiger partial charge on any atom is 0.165 e. The largest absolute Gasteiger partial charge is 0.367 e. The highest BCUT2D eigenvalue weighted by atomic mass is 79.9. The summed E-state index contributed by atoms with van der Waals surface area (Å²) in [4.78, 5) is 12.2. The molecule has 1 unspecified atom stereocenters. The van der Waals surface area contributed by atoms with Gasteiger partial charge in [-0.2, -0.15) is 0 Å². The molecule has 3 heteroatoms. The van der Waals surface area contributed by atoms with Crippen LogP contribution in [0.5, 0.6) is 0 Å². The number of hydrogen-bond donors (Lipinski definition) is 0. The number of carbonyl (C=O) groups is 1. The van der Waals surface area contributed by atoms with Crippen molar-refractivity contribution in [3.63, 3.8) is 0 Å². The molecule has 2 rings (SSSR count). The maximum absolute atomic E-state index is 12.2. The molecule has 0 aromatic heterocycles. The first-order chi connectivity index (χ1) is 7.23.